The van der Waals surface area contributed by atoms with Crippen molar-refractivity contribution in [1.82, 2.24) is 0 Å². The van der Waals surface area contributed by atoms with Gasteiger partial charge < -0.3 is 4.42 Å². The molecular weight excluding hydrogens is 224 g/mol. The molecule has 0 atom stereocenters. The fourth-order valence-corrected chi connectivity index (χ4v) is 2.39. The zero-order valence-electron chi connectivity index (χ0n) is 9.49. The van der Waals surface area contributed by atoms with Crippen molar-refractivity contribution in [2.45, 2.75) is 6.42 Å². The van der Waals surface area contributed by atoms with E-state index in [2.05, 4.69) is 11.8 Å². The van der Waals surface area contributed by atoms with E-state index in [1.165, 1.54) is 0 Å². The molecule has 0 saturated carbocycles. The van der Waals surface area contributed by atoms with Gasteiger partial charge in [-0.15, -0.1) is 0 Å². The van der Waals surface area contributed by atoms with E-state index in [0.717, 1.165) is 17.5 Å². The number of para-hydroxylation sites is 1. The Labute approximate surface area is 103 Å². The summed E-state index contributed by atoms with van der Waals surface area (Å²) in [5.41, 5.74) is 3.35. The molecule has 1 aliphatic rings. The first-order valence-electron chi connectivity index (χ1n) is 5.80. The second-order valence-corrected chi connectivity index (χ2v) is 4.41. The van der Waals surface area contributed by atoms with Gasteiger partial charge in [0.05, 0.1) is 10.8 Å². The fourth-order valence-electron chi connectivity index (χ4n) is 2.39. The molecule has 0 fully saturated rings. The molecule has 3 aromatic rings. The van der Waals surface area contributed by atoms with Gasteiger partial charge in [-0.05, 0) is 29.8 Å². The van der Waals surface area contributed by atoms with Crippen molar-refractivity contribution in [3.8, 4) is 11.8 Å². The molecule has 0 spiro atoms. The Morgan fingerprint density at radius 2 is 1.94 bits per heavy atom. The molecule has 1 heterocycles. The Kier molecular flexibility index (Phi) is 1.71. The molecule has 4 rings (SSSR count). The lowest BCUT2D eigenvalue weighted by atomic mass is 10.0. The van der Waals surface area contributed by atoms with Crippen LogP contribution in [-0.2, 0) is 6.42 Å². The van der Waals surface area contributed by atoms with Crippen LogP contribution < -0.4 is 5.43 Å². The lowest BCUT2D eigenvalue weighted by Crippen LogP contribution is -2.02. The first-order valence-corrected chi connectivity index (χ1v) is 5.80. The molecule has 2 heteroatoms. The van der Waals surface area contributed by atoms with Crippen molar-refractivity contribution in [3.63, 3.8) is 0 Å². The third kappa shape index (κ3) is 1.16. The SMILES string of the molecule is O=c1c2ccccc2oc2cc3c(cc12)C#CC3. The lowest BCUT2D eigenvalue weighted by Gasteiger charge is -2.03. The van der Waals surface area contributed by atoms with Gasteiger partial charge in [0, 0.05) is 12.0 Å². The van der Waals surface area contributed by atoms with Crippen LogP contribution in [0.5, 0.6) is 0 Å². The van der Waals surface area contributed by atoms with Crippen LogP contribution in [0.3, 0.4) is 0 Å². The average molecular weight is 232 g/mol. The van der Waals surface area contributed by atoms with E-state index < -0.39 is 0 Å². The summed E-state index contributed by atoms with van der Waals surface area (Å²) >= 11 is 0. The molecule has 0 unspecified atom stereocenters. The maximum atomic E-state index is 12.4. The van der Waals surface area contributed by atoms with Crippen molar-refractivity contribution in [2.75, 3.05) is 0 Å². The lowest BCUT2D eigenvalue weighted by molar-refractivity contribution is 0.659. The van der Waals surface area contributed by atoms with Crippen molar-refractivity contribution in [3.05, 3.63) is 57.7 Å². The van der Waals surface area contributed by atoms with E-state index in [0.29, 0.717) is 21.9 Å². The average Bonchev–Trinajstić information content (AvgIpc) is 2.84. The van der Waals surface area contributed by atoms with Crippen LogP contribution in [-0.4, -0.2) is 0 Å². The zero-order valence-corrected chi connectivity index (χ0v) is 9.49. The monoisotopic (exact) mass is 232 g/mol. The summed E-state index contributed by atoms with van der Waals surface area (Å²) in [7, 11) is 0. The van der Waals surface area contributed by atoms with Crippen LogP contribution in [0.1, 0.15) is 11.1 Å². The summed E-state index contributed by atoms with van der Waals surface area (Å²) in [6.07, 6.45) is 0.738. The number of hydrogen-bond donors (Lipinski definition) is 0. The first kappa shape index (κ1) is 9.49. The molecule has 2 aromatic carbocycles. The quantitative estimate of drug-likeness (QED) is 0.440. The molecule has 18 heavy (non-hydrogen) atoms. The minimum absolute atomic E-state index is 0.0170. The Balaban J connectivity index is 2.25. The molecule has 0 amide bonds. The topological polar surface area (TPSA) is 30.2 Å². The van der Waals surface area contributed by atoms with E-state index in [9.17, 15) is 4.79 Å². The molecule has 0 bridgehead atoms. The van der Waals surface area contributed by atoms with E-state index >= 15 is 0 Å². The number of fused-ring (bicyclic) bond motifs is 3. The molecule has 1 aliphatic carbocycles. The van der Waals surface area contributed by atoms with E-state index in [1.54, 1.807) is 6.07 Å². The summed E-state index contributed by atoms with van der Waals surface area (Å²) in [6.45, 7) is 0. The fraction of sp³-hybridized carbons (Fsp3) is 0.0625. The minimum Gasteiger partial charge on any atom is -0.456 e. The van der Waals surface area contributed by atoms with Crippen LogP contribution in [0.15, 0.2) is 45.6 Å². The first-order chi connectivity index (χ1) is 8.83. The molecule has 2 nitrogen and oxygen atoms in total. The van der Waals surface area contributed by atoms with Gasteiger partial charge in [-0.3, -0.25) is 4.79 Å². The van der Waals surface area contributed by atoms with Crippen molar-refractivity contribution < 1.29 is 4.42 Å². The van der Waals surface area contributed by atoms with Gasteiger partial charge in [0.1, 0.15) is 11.2 Å². The highest BCUT2D eigenvalue weighted by atomic mass is 16.3. The van der Waals surface area contributed by atoms with E-state index in [-0.39, 0.29) is 5.43 Å². The van der Waals surface area contributed by atoms with Crippen LogP contribution in [0.4, 0.5) is 0 Å². The summed E-state index contributed by atoms with van der Waals surface area (Å²) in [5.74, 6) is 6.07. The molecular formula is C16H8O2. The maximum Gasteiger partial charge on any atom is 0.200 e. The Bertz CT molecular complexity index is 921. The molecule has 0 saturated heterocycles. The number of rotatable bonds is 0. The standard InChI is InChI=1S/C16H8O2/c17-16-12-6-1-2-7-14(12)18-15-9-11-5-3-4-10(11)8-13(15)16/h1-2,6-9H,5H2. The van der Waals surface area contributed by atoms with Crippen LogP contribution in [0.2, 0.25) is 0 Å². The molecule has 0 aliphatic heterocycles. The predicted octanol–water partition coefficient (Wildman–Crippen LogP) is 2.85. The van der Waals surface area contributed by atoms with Crippen LogP contribution in [0, 0.1) is 11.8 Å². The second kappa shape index (κ2) is 3.24. The third-order valence-corrected chi connectivity index (χ3v) is 3.30. The van der Waals surface area contributed by atoms with Crippen molar-refractivity contribution in [2.24, 2.45) is 0 Å². The Hall–Kier alpha value is -2.53. The van der Waals surface area contributed by atoms with Crippen molar-refractivity contribution in [1.29, 1.82) is 0 Å². The Morgan fingerprint density at radius 1 is 1.06 bits per heavy atom. The van der Waals surface area contributed by atoms with Gasteiger partial charge in [0.25, 0.3) is 0 Å². The van der Waals surface area contributed by atoms with Crippen molar-refractivity contribution >= 4 is 21.9 Å². The van der Waals surface area contributed by atoms with E-state index in [4.69, 9.17) is 4.42 Å². The molecule has 1 aromatic heterocycles. The van der Waals surface area contributed by atoms with Crippen LogP contribution >= 0.6 is 0 Å². The summed E-state index contributed by atoms with van der Waals surface area (Å²) in [6, 6.07) is 11.1. The summed E-state index contributed by atoms with van der Waals surface area (Å²) in [4.78, 5) is 12.4. The van der Waals surface area contributed by atoms with E-state index in [1.807, 2.05) is 30.3 Å². The van der Waals surface area contributed by atoms with Gasteiger partial charge in [0.2, 0.25) is 5.43 Å². The van der Waals surface area contributed by atoms with Crippen LogP contribution in [0.25, 0.3) is 21.9 Å². The zero-order chi connectivity index (χ0) is 12.1. The second-order valence-electron chi connectivity index (χ2n) is 4.41. The highest BCUT2D eigenvalue weighted by Gasteiger charge is 2.12. The number of hydrogen-bond acceptors (Lipinski definition) is 2. The van der Waals surface area contributed by atoms with Gasteiger partial charge in [-0.25, -0.2) is 0 Å². The van der Waals surface area contributed by atoms with Gasteiger partial charge in [-0.1, -0.05) is 24.0 Å². The summed E-state index contributed by atoms with van der Waals surface area (Å²) in [5, 5.41) is 1.24. The normalized spacial score (nSPS) is 12.4. The molecule has 0 N–H and O–H groups in total. The molecule has 84 valence electrons. The largest absolute Gasteiger partial charge is 0.456 e. The smallest absolute Gasteiger partial charge is 0.200 e. The molecule has 0 radical (unpaired) electrons. The highest BCUT2D eigenvalue weighted by Crippen LogP contribution is 2.23. The summed E-state index contributed by atoms with van der Waals surface area (Å²) < 4.78 is 5.80. The Morgan fingerprint density at radius 3 is 2.89 bits per heavy atom. The van der Waals surface area contributed by atoms with Gasteiger partial charge >= 0.3 is 0 Å². The van der Waals surface area contributed by atoms with Gasteiger partial charge in [-0.2, -0.15) is 0 Å². The minimum atomic E-state index is 0.0170. The maximum absolute atomic E-state index is 12.4. The third-order valence-electron chi connectivity index (χ3n) is 3.30. The number of benzene rings is 2. The van der Waals surface area contributed by atoms with Gasteiger partial charge in [0.15, 0.2) is 0 Å². The highest BCUT2D eigenvalue weighted by molar-refractivity contribution is 5.91. The predicted molar refractivity (Wildman–Crippen MR) is 70.6 cm³/mol.